The predicted molar refractivity (Wildman–Crippen MR) is 67.2 cm³/mol. The van der Waals surface area contributed by atoms with Crippen LogP contribution in [0.15, 0.2) is 18.5 Å². The topological polar surface area (TPSA) is 30.7 Å². The fourth-order valence-corrected chi connectivity index (χ4v) is 2.16. The zero-order valence-corrected chi connectivity index (χ0v) is 10.9. The fourth-order valence-electron chi connectivity index (χ4n) is 1.99. The molecule has 104 valence electrons. The Morgan fingerprint density at radius 2 is 2.11 bits per heavy atom. The van der Waals surface area contributed by atoms with Crippen molar-refractivity contribution in [1.29, 1.82) is 0 Å². The number of nitrogens with zero attached hydrogens (tertiary/aromatic N) is 3. The van der Waals surface area contributed by atoms with E-state index in [2.05, 4.69) is 9.97 Å². The van der Waals surface area contributed by atoms with E-state index in [-0.39, 0.29) is 13.0 Å². The molecule has 0 amide bonds. The molecule has 0 N–H and O–H groups in total. The van der Waals surface area contributed by atoms with E-state index in [1.54, 1.807) is 23.0 Å². The SMILES string of the molecule is FC(F)(F)CCCn1c(CCCl)nc2cnccc21. The van der Waals surface area contributed by atoms with Gasteiger partial charge in [-0.2, -0.15) is 13.2 Å². The van der Waals surface area contributed by atoms with Gasteiger partial charge in [0.05, 0.1) is 11.7 Å². The molecule has 0 bridgehead atoms. The van der Waals surface area contributed by atoms with Gasteiger partial charge in [0.2, 0.25) is 0 Å². The molecule has 0 radical (unpaired) electrons. The minimum atomic E-state index is -4.12. The van der Waals surface area contributed by atoms with Crippen LogP contribution in [0, 0.1) is 0 Å². The van der Waals surface area contributed by atoms with Crippen molar-refractivity contribution in [2.24, 2.45) is 0 Å². The van der Waals surface area contributed by atoms with Crippen molar-refractivity contribution in [3.8, 4) is 0 Å². The molecule has 2 aromatic heterocycles. The zero-order chi connectivity index (χ0) is 13.9. The monoisotopic (exact) mass is 291 g/mol. The van der Waals surface area contributed by atoms with Crippen molar-refractivity contribution in [2.45, 2.75) is 32.0 Å². The number of hydrogen-bond donors (Lipinski definition) is 0. The van der Waals surface area contributed by atoms with Crippen molar-refractivity contribution in [2.75, 3.05) is 5.88 Å². The molecular formula is C12H13ClF3N3. The largest absolute Gasteiger partial charge is 0.389 e. The smallest absolute Gasteiger partial charge is 0.328 e. The number of rotatable bonds is 5. The first-order valence-corrected chi connectivity index (χ1v) is 6.46. The lowest BCUT2D eigenvalue weighted by Gasteiger charge is -2.10. The lowest BCUT2D eigenvalue weighted by Crippen LogP contribution is -2.11. The molecule has 0 atom stereocenters. The van der Waals surface area contributed by atoms with Crippen LogP contribution in [0.25, 0.3) is 11.0 Å². The van der Waals surface area contributed by atoms with Crippen LogP contribution in [0.5, 0.6) is 0 Å². The maximum absolute atomic E-state index is 12.2. The third kappa shape index (κ3) is 3.59. The van der Waals surface area contributed by atoms with Crippen LogP contribution >= 0.6 is 11.6 Å². The van der Waals surface area contributed by atoms with Crippen molar-refractivity contribution in [3.05, 3.63) is 24.3 Å². The Labute approximate surface area is 113 Å². The van der Waals surface area contributed by atoms with Crippen molar-refractivity contribution < 1.29 is 13.2 Å². The van der Waals surface area contributed by atoms with Gasteiger partial charge >= 0.3 is 6.18 Å². The molecule has 2 rings (SSSR count). The van der Waals surface area contributed by atoms with E-state index in [0.717, 1.165) is 5.52 Å². The maximum Gasteiger partial charge on any atom is 0.389 e. The van der Waals surface area contributed by atoms with Gasteiger partial charge < -0.3 is 4.57 Å². The van der Waals surface area contributed by atoms with Gasteiger partial charge in [-0.15, -0.1) is 11.6 Å². The summed E-state index contributed by atoms with van der Waals surface area (Å²) in [5, 5.41) is 0. The normalized spacial score (nSPS) is 12.2. The van der Waals surface area contributed by atoms with Gasteiger partial charge in [0, 0.05) is 31.5 Å². The second kappa shape index (κ2) is 5.77. The third-order valence-corrected chi connectivity index (χ3v) is 2.98. The summed E-state index contributed by atoms with van der Waals surface area (Å²) in [6, 6.07) is 1.76. The van der Waals surface area contributed by atoms with Crippen LogP contribution in [0.3, 0.4) is 0 Å². The highest BCUT2D eigenvalue weighted by Crippen LogP contribution is 2.23. The molecule has 2 heterocycles. The summed E-state index contributed by atoms with van der Waals surface area (Å²) in [7, 11) is 0. The highest BCUT2D eigenvalue weighted by Gasteiger charge is 2.26. The van der Waals surface area contributed by atoms with Crippen molar-refractivity contribution in [3.63, 3.8) is 0 Å². The molecule has 0 aliphatic heterocycles. The average molecular weight is 292 g/mol. The van der Waals surface area contributed by atoms with Crippen molar-refractivity contribution >= 4 is 22.6 Å². The van der Waals surface area contributed by atoms with Gasteiger partial charge in [-0.05, 0) is 12.5 Å². The Kier molecular flexibility index (Phi) is 4.29. The fraction of sp³-hybridized carbons (Fsp3) is 0.500. The number of fused-ring (bicyclic) bond motifs is 1. The number of pyridine rings is 1. The van der Waals surface area contributed by atoms with Crippen LogP contribution in [0.2, 0.25) is 0 Å². The molecule has 0 spiro atoms. The van der Waals surface area contributed by atoms with Crippen LogP contribution in [-0.4, -0.2) is 26.6 Å². The van der Waals surface area contributed by atoms with E-state index < -0.39 is 12.6 Å². The lowest BCUT2D eigenvalue weighted by atomic mass is 10.3. The summed E-state index contributed by atoms with van der Waals surface area (Å²) in [5.41, 5.74) is 1.49. The summed E-state index contributed by atoms with van der Waals surface area (Å²) in [6.45, 7) is 0.284. The first-order chi connectivity index (χ1) is 9.01. The molecule has 0 saturated heterocycles. The molecule has 0 aliphatic carbocycles. The van der Waals surface area contributed by atoms with Gasteiger partial charge in [0.25, 0.3) is 0 Å². The van der Waals surface area contributed by atoms with E-state index >= 15 is 0 Å². The minimum Gasteiger partial charge on any atom is -0.328 e. The van der Waals surface area contributed by atoms with Gasteiger partial charge in [0.1, 0.15) is 11.3 Å². The molecule has 7 heteroatoms. The predicted octanol–water partition coefficient (Wildman–Crippen LogP) is 3.56. The quantitative estimate of drug-likeness (QED) is 0.789. The maximum atomic E-state index is 12.2. The van der Waals surface area contributed by atoms with E-state index in [0.29, 0.717) is 23.6 Å². The third-order valence-electron chi connectivity index (χ3n) is 2.79. The molecule has 0 aromatic carbocycles. The second-order valence-electron chi connectivity index (χ2n) is 4.20. The molecule has 0 saturated carbocycles. The Hall–Kier alpha value is -1.30. The Bertz CT molecular complexity index is 551. The zero-order valence-electron chi connectivity index (χ0n) is 10.1. The minimum absolute atomic E-state index is 0.0343. The summed E-state index contributed by atoms with van der Waals surface area (Å²) in [4.78, 5) is 8.31. The van der Waals surface area contributed by atoms with Gasteiger partial charge in [-0.25, -0.2) is 4.98 Å². The number of imidazole rings is 1. The number of hydrogen-bond acceptors (Lipinski definition) is 2. The van der Waals surface area contributed by atoms with E-state index in [1.165, 1.54) is 0 Å². The van der Waals surface area contributed by atoms with E-state index in [4.69, 9.17) is 11.6 Å². The van der Waals surface area contributed by atoms with Crippen LogP contribution < -0.4 is 0 Å². The van der Waals surface area contributed by atoms with Gasteiger partial charge in [-0.1, -0.05) is 0 Å². The Balaban J connectivity index is 2.21. The van der Waals surface area contributed by atoms with Crippen LogP contribution in [-0.2, 0) is 13.0 Å². The molecule has 3 nitrogen and oxygen atoms in total. The molecule has 0 unspecified atom stereocenters. The highest BCUT2D eigenvalue weighted by molar-refractivity contribution is 6.17. The van der Waals surface area contributed by atoms with E-state index in [9.17, 15) is 13.2 Å². The highest BCUT2D eigenvalue weighted by atomic mass is 35.5. The number of aromatic nitrogens is 3. The second-order valence-corrected chi connectivity index (χ2v) is 4.58. The van der Waals surface area contributed by atoms with Gasteiger partial charge in [-0.3, -0.25) is 4.98 Å². The lowest BCUT2D eigenvalue weighted by molar-refractivity contribution is -0.135. The van der Waals surface area contributed by atoms with Gasteiger partial charge in [0.15, 0.2) is 0 Å². The first-order valence-electron chi connectivity index (χ1n) is 5.93. The number of aryl methyl sites for hydroxylation is 2. The molecule has 0 aliphatic rings. The van der Waals surface area contributed by atoms with E-state index in [1.807, 2.05) is 0 Å². The first kappa shape index (κ1) is 14.1. The molecule has 0 fully saturated rings. The average Bonchev–Trinajstić information content (AvgIpc) is 2.67. The molecular weight excluding hydrogens is 279 g/mol. The Morgan fingerprint density at radius 3 is 2.79 bits per heavy atom. The summed E-state index contributed by atoms with van der Waals surface area (Å²) < 4.78 is 38.4. The standard InChI is InChI=1S/C12H13ClF3N3/c13-5-2-11-18-9-8-17-6-3-10(9)19(11)7-1-4-12(14,15)16/h3,6,8H,1-2,4-5,7H2. The number of halogens is 4. The summed E-state index contributed by atoms with van der Waals surface area (Å²) in [6.07, 6.45) is -1.14. The van der Waals surface area contributed by atoms with Crippen LogP contribution in [0.4, 0.5) is 13.2 Å². The summed E-state index contributed by atoms with van der Waals surface area (Å²) >= 11 is 5.69. The summed E-state index contributed by atoms with van der Waals surface area (Å²) in [5.74, 6) is 1.09. The number of alkyl halides is 4. The van der Waals surface area contributed by atoms with Crippen molar-refractivity contribution in [1.82, 2.24) is 14.5 Å². The Morgan fingerprint density at radius 1 is 1.32 bits per heavy atom. The molecule has 19 heavy (non-hydrogen) atoms. The van der Waals surface area contributed by atoms with Crippen LogP contribution in [0.1, 0.15) is 18.7 Å². The molecule has 2 aromatic rings.